The second-order valence-corrected chi connectivity index (χ2v) is 6.95. The Bertz CT molecular complexity index is 453. The topological polar surface area (TPSA) is 46.5 Å². The zero-order chi connectivity index (χ0) is 18.3. The number of hydrogen-bond acceptors (Lipinski definition) is 3. The third-order valence-corrected chi connectivity index (χ3v) is 4.77. The maximum absolute atomic E-state index is 11.0. The van der Waals surface area contributed by atoms with Gasteiger partial charge in [-0.25, -0.2) is 0 Å². The van der Waals surface area contributed by atoms with E-state index < -0.39 is 6.10 Å². The summed E-state index contributed by atoms with van der Waals surface area (Å²) in [5, 5.41) is 10.3. The number of benzene rings is 1. The van der Waals surface area contributed by atoms with E-state index in [9.17, 15) is 9.90 Å². The number of rotatable bonds is 14. The van der Waals surface area contributed by atoms with Crippen molar-refractivity contribution in [3.05, 3.63) is 35.4 Å². The fourth-order valence-electron chi connectivity index (χ4n) is 3.07. The molecule has 0 fully saturated rings. The number of carbonyl (C=O) groups excluding carboxylic acids is 1. The number of carbonyl (C=O) groups is 1. The Morgan fingerprint density at radius 1 is 0.960 bits per heavy atom. The van der Waals surface area contributed by atoms with Crippen LogP contribution in [0.25, 0.3) is 0 Å². The lowest BCUT2D eigenvalue weighted by atomic mass is 9.99. The Kier molecular flexibility index (Phi) is 12.0. The fraction of sp³-hybridized carbons (Fsp3) is 0.682. The van der Waals surface area contributed by atoms with Crippen LogP contribution >= 0.6 is 0 Å². The van der Waals surface area contributed by atoms with Crippen LogP contribution in [-0.4, -0.2) is 18.2 Å². The van der Waals surface area contributed by atoms with Crippen LogP contribution in [0.2, 0.25) is 0 Å². The van der Waals surface area contributed by atoms with E-state index in [-0.39, 0.29) is 5.97 Å². The van der Waals surface area contributed by atoms with E-state index in [1.807, 2.05) is 0 Å². The van der Waals surface area contributed by atoms with Gasteiger partial charge >= 0.3 is 5.97 Å². The van der Waals surface area contributed by atoms with Gasteiger partial charge in [0.1, 0.15) is 0 Å². The molecule has 1 N–H and O–H groups in total. The fourth-order valence-corrected chi connectivity index (χ4v) is 3.07. The molecule has 0 heterocycles. The zero-order valence-electron chi connectivity index (χ0n) is 16.1. The van der Waals surface area contributed by atoms with Gasteiger partial charge in [-0.3, -0.25) is 4.79 Å². The summed E-state index contributed by atoms with van der Waals surface area (Å²) >= 11 is 0. The second-order valence-electron chi connectivity index (χ2n) is 6.95. The highest BCUT2D eigenvalue weighted by atomic mass is 16.5. The molecule has 0 aromatic heterocycles. The average molecular weight is 349 g/mol. The van der Waals surface area contributed by atoms with Crippen molar-refractivity contribution < 1.29 is 14.6 Å². The van der Waals surface area contributed by atoms with Gasteiger partial charge in [0, 0.05) is 6.42 Å². The van der Waals surface area contributed by atoms with E-state index >= 15 is 0 Å². The second kappa shape index (κ2) is 13.9. The van der Waals surface area contributed by atoms with Crippen molar-refractivity contribution >= 4 is 5.97 Å². The van der Waals surface area contributed by atoms with E-state index in [4.69, 9.17) is 0 Å². The van der Waals surface area contributed by atoms with E-state index in [2.05, 4.69) is 35.9 Å². The first-order valence-electron chi connectivity index (χ1n) is 10.0. The molecule has 1 aromatic rings. The number of aliphatic hydroxyl groups is 1. The lowest BCUT2D eigenvalue weighted by Crippen LogP contribution is -2.00. The molecule has 1 unspecified atom stereocenters. The molecule has 142 valence electrons. The first kappa shape index (κ1) is 21.7. The van der Waals surface area contributed by atoms with E-state index in [0.717, 1.165) is 37.7 Å². The molecule has 3 heteroatoms. The SMILES string of the molecule is CCCCCCCCc1ccc(C(O)CCCCCC(=O)OC)cc1. The summed E-state index contributed by atoms with van der Waals surface area (Å²) in [6, 6.07) is 8.43. The number of aryl methyl sites for hydroxylation is 1. The Morgan fingerprint density at radius 3 is 2.28 bits per heavy atom. The number of unbranched alkanes of at least 4 members (excludes halogenated alkanes) is 7. The van der Waals surface area contributed by atoms with Gasteiger partial charge in [0.05, 0.1) is 13.2 Å². The summed E-state index contributed by atoms with van der Waals surface area (Å²) in [6.07, 6.45) is 12.6. The lowest BCUT2D eigenvalue weighted by Gasteiger charge is -2.11. The van der Waals surface area contributed by atoms with Gasteiger partial charge in [-0.2, -0.15) is 0 Å². The minimum absolute atomic E-state index is 0.151. The van der Waals surface area contributed by atoms with Gasteiger partial charge in [-0.15, -0.1) is 0 Å². The molecule has 1 aromatic carbocycles. The highest BCUT2D eigenvalue weighted by Gasteiger charge is 2.08. The minimum atomic E-state index is -0.402. The minimum Gasteiger partial charge on any atom is -0.469 e. The van der Waals surface area contributed by atoms with Crippen molar-refractivity contribution in [1.29, 1.82) is 0 Å². The first-order valence-corrected chi connectivity index (χ1v) is 10.0. The molecule has 0 bridgehead atoms. The predicted molar refractivity (Wildman–Crippen MR) is 104 cm³/mol. The van der Waals surface area contributed by atoms with Crippen LogP contribution < -0.4 is 0 Å². The molecule has 25 heavy (non-hydrogen) atoms. The summed E-state index contributed by atoms with van der Waals surface area (Å²) in [6.45, 7) is 2.25. The molecule has 0 aliphatic heterocycles. The molecule has 3 nitrogen and oxygen atoms in total. The van der Waals surface area contributed by atoms with Gasteiger partial charge in [-0.05, 0) is 36.8 Å². The highest BCUT2D eigenvalue weighted by Crippen LogP contribution is 2.21. The van der Waals surface area contributed by atoms with Gasteiger partial charge in [0.2, 0.25) is 0 Å². The third-order valence-electron chi connectivity index (χ3n) is 4.77. The molecule has 1 rings (SSSR count). The van der Waals surface area contributed by atoms with Crippen molar-refractivity contribution in [3.8, 4) is 0 Å². The molecule has 0 aliphatic carbocycles. The summed E-state index contributed by atoms with van der Waals surface area (Å²) < 4.78 is 4.62. The maximum atomic E-state index is 11.0. The Morgan fingerprint density at radius 2 is 1.60 bits per heavy atom. The van der Waals surface area contributed by atoms with Crippen LogP contribution in [0.15, 0.2) is 24.3 Å². The Labute approximate surface area is 153 Å². The Hall–Kier alpha value is -1.35. The van der Waals surface area contributed by atoms with E-state index in [0.29, 0.717) is 6.42 Å². The molecule has 0 radical (unpaired) electrons. The van der Waals surface area contributed by atoms with Crippen LogP contribution in [0.3, 0.4) is 0 Å². The van der Waals surface area contributed by atoms with Crippen LogP contribution in [0, 0.1) is 0 Å². The van der Waals surface area contributed by atoms with Gasteiger partial charge in [0.15, 0.2) is 0 Å². The predicted octanol–water partition coefficient (Wildman–Crippen LogP) is 5.75. The van der Waals surface area contributed by atoms with Crippen molar-refractivity contribution in [2.45, 2.75) is 90.1 Å². The number of esters is 1. The molecule has 0 aliphatic rings. The average Bonchev–Trinajstić information content (AvgIpc) is 2.64. The van der Waals surface area contributed by atoms with Crippen LogP contribution in [0.4, 0.5) is 0 Å². The number of hydrogen-bond donors (Lipinski definition) is 1. The van der Waals surface area contributed by atoms with Crippen LogP contribution in [0.5, 0.6) is 0 Å². The molecular weight excluding hydrogens is 312 g/mol. The number of aliphatic hydroxyl groups excluding tert-OH is 1. The summed E-state index contributed by atoms with van der Waals surface area (Å²) in [5.74, 6) is -0.151. The lowest BCUT2D eigenvalue weighted by molar-refractivity contribution is -0.140. The van der Waals surface area contributed by atoms with E-state index in [1.54, 1.807) is 0 Å². The third kappa shape index (κ3) is 10.3. The quantitative estimate of drug-likeness (QED) is 0.344. The van der Waals surface area contributed by atoms with Gasteiger partial charge < -0.3 is 9.84 Å². The monoisotopic (exact) mass is 348 g/mol. The van der Waals surface area contributed by atoms with Crippen molar-refractivity contribution in [2.24, 2.45) is 0 Å². The smallest absolute Gasteiger partial charge is 0.305 e. The van der Waals surface area contributed by atoms with Gasteiger partial charge in [-0.1, -0.05) is 76.1 Å². The maximum Gasteiger partial charge on any atom is 0.305 e. The summed E-state index contributed by atoms with van der Waals surface area (Å²) in [5.41, 5.74) is 2.36. The van der Waals surface area contributed by atoms with Crippen LogP contribution in [0.1, 0.15) is 94.8 Å². The molecular formula is C22H36O3. The summed E-state index contributed by atoms with van der Waals surface area (Å²) in [7, 11) is 1.42. The van der Waals surface area contributed by atoms with E-state index in [1.165, 1.54) is 51.2 Å². The van der Waals surface area contributed by atoms with Crippen molar-refractivity contribution in [2.75, 3.05) is 7.11 Å². The van der Waals surface area contributed by atoms with Crippen molar-refractivity contribution in [3.63, 3.8) is 0 Å². The molecule has 0 spiro atoms. The highest BCUT2D eigenvalue weighted by molar-refractivity contribution is 5.68. The largest absolute Gasteiger partial charge is 0.469 e. The summed E-state index contributed by atoms with van der Waals surface area (Å²) in [4.78, 5) is 11.0. The Balaban J connectivity index is 2.18. The van der Waals surface area contributed by atoms with Crippen molar-refractivity contribution in [1.82, 2.24) is 0 Å². The standard InChI is InChI=1S/C22H36O3/c1-3-4-5-6-7-9-12-19-15-17-20(18-16-19)21(23)13-10-8-11-14-22(24)25-2/h15-18,21,23H,3-14H2,1-2H3. The molecule has 0 saturated heterocycles. The van der Waals surface area contributed by atoms with Gasteiger partial charge in [0.25, 0.3) is 0 Å². The first-order chi connectivity index (χ1) is 12.2. The number of methoxy groups -OCH3 is 1. The zero-order valence-corrected chi connectivity index (χ0v) is 16.1. The normalized spacial score (nSPS) is 12.1. The molecule has 0 amide bonds. The molecule has 1 atom stereocenters. The van der Waals surface area contributed by atoms with Crippen LogP contribution in [-0.2, 0) is 16.0 Å². The number of ether oxygens (including phenoxy) is 1. The molecule has 0 saturated carbocycles.